The van der Waals surface area contributed by atoms with Crippen LogP contribution in [-0.4, -0.2) is 60.5 Å². The Morgan fingerprint density at radius 3 is 2.55 bits per heavy atom. The number of anilines is 1. The molecule has 8 heteroatoms. The van der Waals surface area contributed by atoms with Crippen LogP contribution in [0.5, 0.6) is 5.75 Å². The normalized spacial score (nSPS) is 16.6. The molecule has 4 rings (SSSR count). The summed E-state index contributed by atoms with van der Waals surface area (Å²) < 4.78 is 7.37. The van der Waals surface area contributed by atoms with Crippen molar-refractivity contribution >= 4 is 34.3 Å². The largest absolute Gasteiger partial charge is 0.497 e. The number of ether oxygens (including phenoxy) is 1. The minimum atomic E-state index is -0.195. The number of carbonyl (C=O) groups is 3. The fourth-order valence-corrected chi connectivity index (χ4v) is 4.66. The first-order chi connectivity index (χ1) is 15.0. The number of amides is 3. The highest BCUT2D eigenvalue weighted by Crippen LogP contribution is 2.38. The molecular formula is C23H30N4O4. The van der Waals surface area contributed by atoms with Crippen molar-refractivity contribution in [3.8, 4) is 5.75 Å². The second kappa shape index (κ2) is 8.99. The van der Waals surface area contributed by atoms with Gasteiger partial charge in [-0.15, -0.1) is 0 Å². The van der Waals surface area contributed by atoms with Gasteiger partial charge in [0.15, 0.2) is 0 Å². The van der Waals surface area contributed by atoms with Gasteiger partial charge in [-0.25, -0.2) is 0 Å². The Labute approximate surface area is 182 Å². The van der Waals surface area contributed by atoms with E-state index in [4.69, 9.17) is 4.74 Å². The topological polar surface area (TPSA) is 83.9 Å². The third-order valence-corrected chi connectivity index (χ3v) is 6.18. The smallest absolute Gasteiger partial charge is 0.270 e. The van der Waals surface area contributed by atoms with Crippen LogP contribution in [0.2, 0.25) is 0 Å². The Balaban J connectivity index is 1.62. The average molecular weight is 427 g/mol. The van der Waals surface area contributed by atoms with Crippen molar-refractivity contribution in [2.45, 2.75) is 45.6 Å². The van der Waals surface area contributed by atoms with E-state index < -0.39 is 0 Å². The van der Waals surface area contributed by atoms with Crippen LogP contribution >= 0.6 is 0 Å². The zero-order valence-electron chi connectivity index (χ0n) is 18.3. The molecule has 1 aromatic carbocycles. The van der Waals surface area contributed by atoms with Crippen molar-refractivity contribution in [2.75, 3.05) is 38.2 Å². The first kappa shape index (κ1) is 21.2. The van der Waals surface area contributed by atoms with Crippen LogP contribution in [-0.2, 0) is 16.1 Å². The van der Waals surface area contributed by atoms with Crippen LogP contribution in [0.25, 0.3) is 10.9 Å². The molecule has 0 unspecified atom stereocenters. The number of hydrogen-bond acceptors (Lipinski definition) is 4. The molecule has 0 atom stereocenters. The van der Waals surface area contributed by atoms with Gasteiger partial charge in [-0.05, 0) is 44.4 Å². The Morgan fingerprint density at radius 1 is 1.13 bits per heavy atom. The number of nitrogens with zero attached hydrogens (tertiary/aromatic N) is 3. The van der Waals surface area contributed by atoms with E-state index in [1.807, 2.05) is 34.6 Å². The molecule has 1 N–H and O–H groups in total. The summed E-state index contributed by atoms with van der Waals surface area (Å²) in [6.45, 7) is 5.15. The summed E-state index contributed by atoms with van der Waals surface area (Å²) in [5.41, 5.74) is 2.09. The lowest BCUT2D eigenvalue weighted by atomic mass is 10.2. The molecule has 2 aromatic rings. The number of hydrogen-bond donors (Lipinski definition) is 1. The van der Waals surface area contributed by atoms with Crippen molar-refractivity contribution in [3.63, 3.8) is 0 Å². The third-order valence-electron chi connectivity index (χ3n) is 6.18. The van der Waals surface area contributed by atoms with Gasteiger partial charge in [-0.1, -0.05) is 0 Å². The molecule has 2 aliphatic heterocycles. The highest BCUT2D eigenvalue weighted by atomic mass is 16.5. The molecule has 3 heterocycles. The molecule has 0 radical (unpaired) electrons. The minimum Gasteiger partial charge on any atom is -0.497 e. The van der Waals surface area contributed by atoms with E-state index in [-0.39, 0.29) is 17.7 Å². The van der Waals surface area contributed by atoms with Gasteiger partial charge in [0.2, 0.25) is 11.8 Å². The fourth-order valence-electron chi connectivity index (χ4n) is 4.66. The van der Waals surface area contributed by atoms with Crippen LogP contribution in [0.4, 0.5) is 5.69 Å². The Hall–Kier alpha value is -3.03. The molecule has 1 aromatic heterocycles. The van der Waals surface area contributed by atoms with Gasteiger partial charge in [0.05, 0.1) is 18.3 Å². The summed E-state index contributed by atoms with van der Waals surface area (Å²) in [6.07, 6.45) is 3.52. The van der Waals surface area contributed by atoms with Crippen LogP contribution in [0.1, 0.15) is 49.5 Å². The predicted molar refractivity (Wildman–Crippen MR) is 119 cm³/mol. The number of aryl methyl sites for hydroxylation is 1. The summed E-state index contributed by atoms with van der Waals surface area (Å²) >= 11 is 0. The first-order valence-electron chi connectivity index (χ1n) is 11.1. The van der Waals surface area contributed by atoms with E-state index in [9.17, 15) is 14.4 Å². The molecule has 31 heavy (non-hydrogen) atoms. The zero-order valence-corrected chi connectivity index (χ0v) is 18.3. The molecule has 3 amide bonds. The molecular weight excluding hydrogens is 396 g/mol. The van der Waals surface area contributed by atoms with E-state index in [1.165, 1.54) is 0 Å². The molecule has 2 fully saturated rings. The lowest BCUT2D eigenvalue weighted by molar-refractivity contribution is -0.127. The van der Waals surface area contributed by atoms with Gasteiger partial charge >= 0.3 is 0 Å². The SMILES string of the molecule is CCn1c(C(=O)NCCCN2CCCC2=O)c(N2CCCC2=O)c2cc(OC)ccc21. The van der Waals surface area contributed by atoms with Crippen LogP contribution in [0.15, 0.2) is 18.2 Å². The van der Waals surface area contributed by atoms with Gasteiger partial charge in [-0.2, -0.15) is 0 Å². The maximum Gasteiger partial charge on any atom is 0.270 e. The lowest BCUT2D eigenvalue weighted by Crippen LogP contribution is -2.33. The van der Waals surface area contributed by atoms with Gasteiger partial charge < -0.3 is 24.4 Å². The monoisotopic (exact) mass is 426 g/mol. The van der Waals surface area contributed by atoms with E-state index in [1.54, 1.807) is 12.0 Å². The highest BCUT2D eigenvalue weighted by Gasteiger charge is 2.32. The zero-order chi connectivity index (χ0) is 22.0. The van der Waals surface area contributed by atoms with Crippen LogP contribution < -0.4 is 15.0 Å². The molecule has 2 aliphatic rings. The second-order valence-corrected chi connectivity index (χ2v) is 8.07. The van der Waals surface area contributed by atoms with E-state index in [0.29, 0.717) is 62.6 Å². The number of nitrogens with one attached hydrogen (secondary N) is 1. The average Bonchev–Trinajstić information content (AvgIpc) is 3.47. The molecule has 2 saturated heterocycles. The maximum absolute atomic E-state index is 13.3. The van der Waals surface area contributed by atoms with E-state index in [0.717, 1.165) is 30.3 Å². The maximum atomic E-state index is 13.3. The van der Waals surface area contributed by atoms with Crippen LogP contribution in [0, 0.1) is 0 Å². The highest BCUT2D eigenvalue weighted by molar-refractivity contribution is 6.14. The molecule has 0 aliphatic carbocycles. The molecule has 0 bridgehead atoms. The molecule has 8 nitrogen and oxygen atoms in total. The van der Waals surface area contributed by atoms with E-state index >= 15 is 0 Å². The Morgan fingerprint density at radius 2 is 1.90 bits per heavy atom. The predicted octanol–water partition coefficient (Wildman–Crippen LogP) is 2.54. The summed E-state index contributed by atoms with van der Waals surface area (Å²) in [5.74, 6) is 0.733. The van der Waals surface area contributed by atoms with Crippen LogP contribution in [0.3, 0.4) is 0 Å². The van der Waals surface area contributed by atoms with Crippen molar-refractivity contribution < 1.29 is 19.1 Å². The Bertz CT molecular complexity index is 1010. The summed E-state index contributed by atoms with van der Waals surface area (Å²) in [4.78, 5) is 41.3. The van der Waals surface area contributed by atoms with E-state index in [2.05, 4.69) is 5.32 Å². The number of carbonyl (C=O) groups excluding carboxylic acids is 3. The van der Waals surface area contributed by atoms with Crippen molar-refractivity contribution in [1.82, 2.24) is 14.8 Å². The summed E-state index contributed by atoms with van der Waals surface area (Å²) in [6, 6.07) is 5.72. The number of likely N-dealkylation sites (tertiary alicyclic amines) is 1. The molecule has 0 saturated carbocycles. The quantitative estimate of drug-likeness (QED) is 0.658. The number of rotatable bonds is 8. The number of fused-ring (bicyclic) bond motifs is 1. The molecule has 0 spiro atoms. The second-order valence-electron chi connectivity index (χ2n) is 8.07. The first-order valence-corrected chi connectivity index (χ1v) is 11.1. The minimum absolute atomic E-state index is 0.0413. The standard InChI is InChI=1S/C23H30N4O4/c1-3-26-18-10-9-16(31-2)15-17(18)21(27-14-5-8-20(27)29)22(26)23(30)24-11-6-13-25-12-4-7-19(25)28/h9-10,15H,3-8,11-14H2,1-2H3,(H,24,30). The van der Waals surface area contributed by atoms with Crippen molar-refractivity contribution in [3.05, 3.63) is 23.9 Å². The lowest BCUT2D eigenvalue weighted by Gasteiger charge is -2.19. The van der Waals surface area contributed by atoms with Gasteiger partial charge in [0.25, 0.3) is 5.91 Å². The number of methoxy groups -OCH3 is 1. The van der Waals surface area contributed by atoms with Crippen molar-refractivity contribution in [1.29, 1.82) is 0 Å². The van der Waals surface area contributed by atoms with Crippen molar-refractivity contribution in [2.24, 2.45) is 0 Å². The van der Waals surface area contributed by atoms with Gasteiger partial charge in [0, 0.05) is 51.0 Å². The number of aromatic nitrogens is 1. The van der Waals surface area contributed by atoms with Gasteiger partial charge in [-0.3, -0.25) is 14.4 Å². The summed E-state index contributed by atoms with van der Waals surface area (Å²) in [7, 11) is 1.61. The third kappa shape index (κ3) is 3.98. The molecule has 166 valence electrons. The fraction of sp³-hybridized carbons (Fsp3) is 0.522. The van der Waals surface area contributed by atoms with Gasteiger partial charge in [0.1, 0.15) is 11.4 Å². The number of benzene rings is 1. The Kier molecular flexibility index (Phi) is 6.15. The summed E-state index contributed by atoms with van der Waals surface area (Å²) in [5, 5.41) is 3.86.